The number of nitrogens with zero attached hydrogens (tertiary/aromatic N) is 5. The van der Waals surface area contributed by atoms with Crippen molar-refractivity contribution >= 4 is 17.6 Å². The van der Waals surface area contributed by atoms with Crippen LogP contribution in [0, 0.1) is 6.92 Å². The lowest BCUT2D eigenvalue weighted by Crippen LogP contribution is -2.40. The van der Waals surface area contributed by atoms with Crippen molar-refractivity contribution in [2.24, 2.45) is 7.05 Å². The van der Waals surface area contributed by atoms with Gasteiger partial charge in [0.1, 0.15) is 11.5 Å². The molecule has 1 N–H and O–H groups in total. The number of aromatic nitrogens is 4. The van der Waals surface area contributed by atoms with Gasteiger partial charge in [-0.3, -0.25) is 14.3 Å². The summed E-state index contributed by atoms with van der Waals surface area (Å²) in [7, 11) is 1.83. The molecule has 8 heteroatoms. The van der Waals surface area contributed by atoms with Crippen LogP contribution < -0.4 is 5.32 Å². The van der Waals surface area contributed by atoms with E-state index in [9.17, 15) is 9.59 Å². The second kappa shape index (κ2) is 9.38. The molecule has 0 radical (unpaired) electrons. The van der Waals surface area contributed by atoms with Crippen LogP contribution in [-0.4, -0.2) is 49.4 Å². The quantitative estimate of drug-likeness (QED) is 0.642. The van der Waals surface area contributed by atoms with Crippen molar-refractivity contribution in [1.29, 1.82) is 0 Å². The minimum absolute atomic E-state index is 0.0225. The molecule has 1 saturated heterocycles. The number of benzene rings is 1. The summed E-state index contributed by atoms with van der Waals surface area (Å²) in [5.74, 6) is 0.560. The van der Waals surface area contributed by atoms with Gasteiger partial charge in [-0.25, -0.2) is 4.68 Å². The molecule has 1 aliphatic rings. The first-order chi connectivity index (χ1) is 15.5. The molecule has 32 heavy (non-hydrogen) atoms. The Bertz CT molecular complexity index is 1110. The summed E-state index contributed by atoms with van der Waals surface area (Å²) in [6.45, 7) is 5.31. The van der Waals surface area contributed by atoms with E-state index in [2.05, 4.69) is 22.4 Å². The summed E-state index contributed by atoms with van der Waals surface area (Å²) in [6.07, 6.45) is 5.14. The first-order valence-corrected chi connectivity index (χ1v) is 11.2. The number of piperidine rings is 1. The Labute approximate surface area is 188 Å². The zero-order chi connectivity index (χ0) is 22.7. The molecule has 0 spiro atoms. The Morgan fingerprint density at radius 2 is 1.91 bits per heavy atom. The first kappa shape index (κ1) is 21.8. The van der Waals surface area contributed by atoms with E-state index in [-0.39, 0.29) is 17.9 Å². The van der Waals surface area contributed by atoms with Crippen LogP contribution in [0.2, 0.25) is 0 Å². The molecule has 0 saturated carbocycles. The lowest BCUT2D eigenvalue weighted by Gasteiger charge is -2.32. The molecule has 0 unspecified atom stereocenters. The third-order valence-electron chi connectivity index (χ3n) is 6.05. The van der Waals surface area contributed by atoms with Crippen molar-refractivity contribution in [3.05, 3.63) is 65.1 Å². The third kappa shape index (κ3) is 4.44. The normalized spacial score (nSPS) is 14.5. The summed E-state index contributed by atoms with van der Waals surface area (Å²) in [6, 6.07) is 11.4. The van der Waals surface area contributed by atoms with Crippen molar-refractivity contribution in [2.45, 2.75) is 45.6 Å². The highest BCUT2D eigenvalue weighted by atomic mass is 16.2. The van der Waals surface area contributed by atoms with Crippen molar-refractivity contribution in [3.63, 3.8) is 0 Å². The SMILES string of the molecule is CCCc1cc(C(=O)N2CCC(n3nccc3NC(=O)c3ccccc3C)CC2)n(C)n1. The second-order valence-electron chi connectivity index (χ2n) is 8.35. The zero-order valence-electron chi connectivity index (χ0n) is 18.9. The standard InChI is InChI=1S/C24H30N6O2/c1-4-7-18-16-21(28(3)27-18)24(32)29-14-11-19(12-15-29)30-22(10-13-25-30)26-23(31)20-9-6-5-8-17(20)2/h5-6,8-10,13,16,19H,4,7,11-12,14-15H2,1-3H3,(H,26,31). The van der Waals surface area contributed by atoms with Gasteiger partial charge >= 0.3 is 0 Å². The Morgan fingerprint density at radius 3 is 2.62 bits per heavy atom. The molecule has 1 fully saturated rings. The van der Waals surface area contributed by atoms with Crippen LogP contribution >= 0.6 is 0 Å². The van der Waals surface area contributed by atoms with Gasteiger partial charge in [0.25, 0.3) is 11.8 Å². The number of likely N-dealkylation sites (tertiary alicyclic amines) is 1. The maximum atomic E-state index is 13.0. The molecular weight excluding hydrogens is 404 g/mol. The highest BCUT2D eigenvalue weighted by Gasteiger charge is 2.28. The topological polar surface area (TPSA) is 85.0 Å². The molecule has 2 aromatic heterocycles. The minimum atomic E-state index is -0.142. The Balaban J connectivity index is 1.40. The number of anilines is 1. The number of hydrogen-bond donors (Lipinski definition) is 1. The zero-order valence-corrected chi connectivity index (χ0v) is 18.9. The lowest BCUT2D eigenvalue weighted by molar-refractivity contribution is 0.0680. The smallest absolute Gasteiger partial charge is 0.272 e. The minimum Gasteiger partial charge on any atom is -0.337 e. The Kier molecular flexibility index (Phi) is 6.39. The Hall–Kier alpha value is -3.42. The van der Waals surface area contributed by atoms with Crippen LogP contribution in [-0.2, 0) is 13.5 Å². The van der Waals surface area contributed by atoms with E-state index in [0.29, 0.717) is 30.2 Å². The average Bonchev–Trinajstić information content (AvgIpc) is 3.40. The maximum Gasteiger partial charge on any atom is 0.272 e. The van der Waals surface area contributed by atoms with Gasteiger partial charge in [-0.15, -0.1) is 0 Å². The van der Waals surface area contributed by atoms with Crippen molar-refractivity contribution in [3.8, 4) is 0 Å². The molecule has 2 amide bonds. The molecule has 168 valence electrons. The van der Waals surface area contributed by atoms with Gasteiger partial charge in [-0.2, -0.15) is 10.2 Å². The fourth-order valence-corrected chi connectivity index (χ4v) is 4.30. The molecule has 0 bridgehead atoms. The van der Waals surface area contributed by atoms with Crippen LogP contribution in [0.5, 0.6) is 0 Å². The van der Waals surface area contributed by atoms with Crippen molar-refractivity contribution < 1.29 is 9.59 Å². The fourth-order valence-electron chi connectivity index (χ4n) is 4.30. The van der Waals surface area contributed by atoms with Gasteiger partial charge in [0.05, 0.1) is 17.9 Å². The summed E-state index contributed by atoms with van der Waals surface area (Å²) in [4.78, 5) is 27.6. The molecule has 0 aliphatic carbocycles. The predicted molar refractivity (Wildman–Crippen MR) is 123 cm³/mol. The van der Waals surface area contributed by atoms with E-state index in [4.69, 9.17) is 0 Å². The first-order valence-electron chi connectivity index (χ1n) is 11.2. The molecule has 1 aromatic carbocycles. The lowest BCUT2D eigenvalue weighted by atomic mass is 10.0. The van der Waals surface area contributed by atoms with Gasteiger partial charge in [0.2, 0.25) is 0 Å². The maximum absolute atomic E-state index is 13.0. The average molecular weight is 435 g/mol. The number of nitrogens with one attached hydrogen (secondary N) is 1. The van der Waals surface area contributed by atoms with E-state index < -0.39 is 0 Å². The molecule has 3 heterocycles. The van der Waals surface area contributed by atoms with E-state index >= 15 is 0 Å². The molecule has 4 rings (SSSR count). The second-order valence-corrected chi connectivity index (χ2v) is 8.35. The summed E-state index contributed by atoms with van der Waals surface area (Å²) in [5, 5.41) is 11.9. The van der Waals surface area contributed by atoms with Gasteiger partial charge in [-0.05, 0) is 43.9 Å². The van der Waals surface area contributed by atoms with Crippen LogP contribution in [0.4, 0.5) is 5.82 Å². The van der Waals surface area contributed by atoms with E-state index in [0.717, 1.165) is 36.9 Å². The van der Waals surface area contributed by atoms with Crippen LogP contribution in [0.15, 0.2) is 42.6 Å². The van der Waals surface area contributed by atoms with E-state index in [1.165, 1.54) is 0 Å². The summed E-state index contributed by atoms with van der Waals surface area (Å²) >= 11 is 0. The predicted octanol–water partition coefficient (Wildman–Crippen LogP) is 3.61. The number of amides is 2. The van der Waals surface area contributed by atoms with Crippen molar-refractivity contribution in [2.75, 3.05) is 18.4 Å². The van der Waals surface area contributed by atoms with Gasteiger partial charge < -0.3 is 10.2 Å². The monoisotopic (exact) mass is 434 g/mol. The number of aryl methyl sites for hydroxylation is 3. The highest BCUT2D eigenvalue weighted by molar-refractivity contribution is 6.04. The van der Waals surface area contributed by atoms with Gasteiger partial charge in [-0.1, -0.05) is 31.5 Å². The molecular formula is C24H30N6O2. The van der Waals surface area contributed by atoms with Gasteiger partial charge in [0.15, 0.2) is 0 Å². The largest absolute Gasteiger partial charge is 0.337 e. The fraction of sp³-hybridized carbons (Fsp3) is 0.417. The number of hydrogen-bond acceptors (Lipinski definition) is 4. The van der Waals surface area contributed by atoms with E-state index in [1.807, 2.05) is 60.0 Å². The van der Waals surface area contributed by atoms with Crippen LogP contribution in [0.3, 0.4) is 0 Å². The highest BCUT2D eigenvalue weighted by Crippen LogP contribution is 2.27. The Morgan fingerprint density at radius 1 is 1.16 bits per heavy atom. The summed E-state index contributed by atoms with van der Waals surface area (Å²) in [5.41, 5.74) is 3.18. The number of carbonyl (C=O) groups is 2. The van der Waals surface area contributed by atoms with E-state index in [1.54, 1.807) is 10.9 Å². The third-order valence-corrected chi connectivity index (χ3v) is 6.05. The number of rotatable bonds is 6. The van der Waals surface area contributed by atoms with Crippen LogP contribution in [0.25, 0.3) is 0 Å². The molecule has 3 aromatic rings. The molecule has 0 atom stereocenters. The number of carbonyl (C=O) groups excluding carboxylic acids is 2. The van der Waals surface area contributed by atoms with Crippen LogP contribution in [0.1, 0.15) is 64.3 Å². The molecule has 8 nitrogen and oxygen atoms in total. The van der Waals surface area contributed by atoms with Gasteiger partial charge in [0, 0.05) is 31.8 Å². The van der Waals surface area contributed by atoms with Crippen molar-refractivity contribution in [1.82, 2.24) is 24.5 Å². The molecule has 1 aliphatic heterocycles. The summed E-state index contributed by atoms with van der Waals surface area (Å²) < 4.78 is 3.56.